The van der Waals surface area contributed by atoms with Gasteiger partial charge in [-0.25, -0.2) is 0 Å². The van der Waals surface area contributed by atoms with Crippen LogP contribution >= 0.6 is 0 Å². The van der Waals surface area contributed by atoms with Gasteiger partial charge in [0.1, 0.15) is 11.5 Å². The lowest BCUT2D eigenvalue weighted by Gasteiger charge is -2.31. The quantitative estimate of drug-likeness (QED) is 0.714. The summed E-state index contributed by atoms with van der Waals surface area (Å²) in [4.78, 5) is 27.8. The SMILES string of the molecule is Cc1cc2c(c(=O)[nH]1)C(c1cc(C(C)(C)C)c(O)c(C(C)(C)C)c1)CC(=O)O2. The second-order valence-electron chi connectivity index (χ2n) is 9.75. The van der Waals surface area contributed by atoms with Crippen molar-refractivity contribution in [3.05, 3.63) is 56.5 Å². The van der Waals surface area contributed by atoms with Gasteiger partial charge in [0, 0.05) is 17.7 Å². The molecule has 1 aromatic heterocycles. The van der Waals surface area contributed by atoms with Crippen molar-refractivity contribution in [3.8, 4) is 11.5 Å². The Hall–Kier alpha value is -2.56. The van der Waals surface area contributed by atoms with Gasteiger partial charge >= 0.3 is 5.97 Å². The fourth-order valence-electron chi connectivity index (χ4n) is 3.80. The molecule has 0 saturated heterocycles. The number of rotatable bonds is 1. The maximum absolute atomic E-state index is 12.7. The summed E-state index contributed by atoms with van der Waals surface area (Å²) in [6.45, 7) is 14.0. The van der Waals surface area contributed by atoms with Crippen LogP contribution < -0.4 is 10.3 Å². The third kappa shape index (κ3) is 3.58. The number of carbonyl (C=O) groups excluding carboxylic acids is 1. The molecule has 1 aliphatic heterocycles. The molecule has 0 amide bonds. The van der Waals surface area contributed by atoms with E-state index in [-0.39, 0.29) is 34.5 Å². The number of aromatic hydroxyl groups is 1. The van der Waals surface area contributed by atoms with Crippen LogP contribution in [0.5, 0.6) is 11.5 Å². The number of aromatic amines is 1. The predicted molar refractivity (Wildman–Crippen MR) is 109 cm³/mol. The highest BCUT2D eigenvalue weighted by atomic mass is 16.5. The van der Waals surface area contributed by atoms with Gasteiger partial charge in [-0.2, -0.15) is 0 Å². The summed E-state index contributed by atoms with van der Waals surface area (Å²) in [6, 6.07) is 5.55. The molecule has 0 fully saturated rings. The van der Waals surface area contributed by atoms with Gasteiger partial charge in [0.15, 0.2) is 0 Å². The van der Waals surface area contributed by atoms with Gasteiger partial charge < -0.3 is 14.8 Å². The molecule has 1 atom stereocenters. The number of pyridine rings is 1. The third-order valence-corrected chi connectivity index (χ3v) is 5.26. The van der Waals surface area contributed by atoms with Crippen LogP contribution in [0.1, 0.15) is 81.8 Å². The lowest BCUT2D eigenvalue weighted by molar-refractivity contribution is -0.135. The zero-order valence-electron chi connectivity index (χ0n) is 17.7. The van der Waals surface area contributed by atoms with E-state index in [1.54, 1.807) is 13.0 Å². The number of hydrogen-bond acceptors (Lipinski definition) is 4. The monoisotopic (exact) mass is 383 g/mol. The van der Waals surface area contributed by atoms with Gasteiger partial charge in [0.2, 0.25) is 0 Å². The van der Waals surface area contributed by atoms with Crippen LogP contribution in [0.4, 0.5) is 0 Å². The van der Waals surface area contributed by atoms with Crippen molar-refractivity contribution in [2.75, 3.05) is 0 Å². The second-order valence-corrected chi connectivity index (χ2v) is 9.75. The molecule has 0 aliphatic carbocycles. The molecular formula is C23H29NO4. The number of esters is 1. The maximum Gasteiger partial charge on any atom is 0.312 e. The number of phenols is 1. The lowest BCUT2D eigenvalue weighted by Crippen LogP contribution is -2.29. The molecule has 5 nitrogen and oxygen atoms in total. The standard InChI is InChI=1S/C23H29NO4/c1-12-8-17-19(21(27)24-12)14(11-18(25)28-17)13-9-15(22(2,3)4)20(26)16(10-13)23(5,6)7/h8-10,14,26H,11H2,1-7H3,(H,24,27). The minimum atomic E-state index is -0.414. The van der Waals surface area contributed by atoms with Crippen LogP contribution in [0, 0.1) is 6.92 Å². The van der Waals surface area contributed by atoms with E-state index < -0.39 is 5.92 Å². The average molecular weight is 383 g/mol. The number of aromatic nitrogens is 1. The third-order valence-electron chi connectivity index (χ3n) is 5.26. The summed E-state index contributed by atoms with van der Waals surface area (Å²) in [7, 11) is 0. The van der Waals surface area contributed by atoms with Gasteiger partial charge in [-0.05, 0) is 34.4 Å². The van der Waals surface area contributed by atoms with Crippen molar-refractivity contribution >= 4 is 5.97 Å². The molecule has 0 spiro atoms. The Morgan fingerprint density at radius 2 is 1.54 bits per heavy atom. The maximum atomic E-state index is 12.7. The first-order valence-electron chi connectivity index (χ1n) is 9.61. The van der Waals surface area contributed by atoms with Crippen molar-refractivity contribution in [2.45, 2.75) is 71.6 Å². The summed E-state index contributed by atoms with van der Waals surface area (Å²) in [5, 5.41) is 11.0. The number of fused-ring (bicyclic) bond motifs is 1. The molecule has 3 rings (SSSR count). The molecule has 5 heteroatoms. The highest BCUT2D eigenvalue weighted by Crippen LogP contribution is 2.44. The van der Waals surface area contributed by atoms with Crippen molar-refractivity contribution in [2.24, 2.45) is 0 Å². The average Bonchev–Trinajstić information content (AvgIpc) is 2.51. The van der Waals surface area contributed by atoms with E-state index in [1.807, 2.05) is 53.7 Å². The predicted octanol–water partition coefficient (Wildman–Crippen LogP) is 4.42. The van der Waals surface area contributed by atoms with Crippen LogP contribution in [0.3, 0.4) is 0 Å². The first-order valence-corrected chi connectivity index (χ1v) is 9.61. The largest absolute Gasteiger partial charge is 0.507 e. The number of aryl methyl sites for hydroxylation is 1. The van der Waals surface area contributed by atoms with Crippen molar-refractivity contribution in [3.63, 3.8) is 0 Å². The Morgan fingerprint density at radius 3 is 2.04 bits per heavy atom. The first-order chi connectivity index (χ1) is 12.8. The number of ether oxygens (including phenoxy) is 1. The fourth-order valence-corrected chi connectivity index (χ4v) is 3.80. The van der Waals surface area contributed by atoms with E-state index in [9.17, 15) is 14.7 Å². The molecule has 150 valence electrons. The normalized spacial score (nSPS) is 17.2. The van der Waals surface area contributed by atoms with E-state index >= 15 is 0 Å². The molecule has 0 saturated carbocycles. The molecule has 0 bridgehead atoms. The van der Waals surface area contributed by atoms with E-state index in [4.69, 9.17) is 4.74 Å². The lowest BCUT2D eigenvalue weighted by atomic mass is 9.75. The molecular weight excluding hydrogens is 354 g/mol. The van der Waals surface area contributed by atoms with E-state index in [0.29, 0.717) is 17.0 Å². The number of hydrogen-bond donors (Lipinski definition) is 2. The van der Waals surface area contributed by atoms with Crippen LogP contribution in [0.25, 0.3) is 0 Å². The van der Waals surface area contributed by atoms with Crippen molar-refractivity contribution < 1.29 is 14.6 Å². The molecule has 1 aromatic carbocycles. The Labute approximate surface area is 165 Å². The molecule has 1 aliphatic rings. The fraction of sp³-hybridized carbons (Fsp3) is 0.478. The van der Waals surface area contributed by atoms with E-state index in [0.717, 1.165) is 16.7 Å². The number of benzene rings is 1. The summed E-state index contributed by atoms with van der Waals surface area (Å²) in [5.41, 5.74) is 2.74. The molecule has 2 N–H and O–H groups in total. The zero-order chi connectivity index (χ0) is 21.0. The van der Waals surface area contributed by atoms with Gasteiger partial charge in [0.25, 0.3) is 5.56 Å². The highest BCUT2D eigenvalue weighted by Gasteiger charge is 2.34. The Kier molecular flexibility index (Phi) is 4.69. The van der Waals surface area contributed by atoms with Crippen LogP contribution in [-0.2, 0) is 15.6 Å². The minimum absolute atomic E-state index is 0.0943. The zero-order valence-corrected chi connectivity index (χ0v) is 17.7. The molecule has 2 aromatic rings. The Morgan fingerprint density at radius 1 is 1.00 bits per heavy atom. The summed E-state index contributed by atoms with van der Waals surface area (Å²) in [6.07, 6.45) is 0.0943. The summed E-state index contributed by atoms with van der Waals surface area (Å²) < 4.78 is 5.36. The molecule has 28 heavy (non-hydrogen) atoms. The van der Waals surface area contributed by atoms with Gasteiger partial charge in [-0.1, -0.05) is 53.7 Å². The summed E-state index contributed by atoms with van der Waals surface area (Å²) >= 11 is 0. The van der Waals surface area contributed by atoms with Gasteiger partial charge in [-0.3, -0.25) is 9.59 Å². The molecule has 0 radical (unpaired) electrons. The van der Waals surface area contributed by atoms with Crippen LogP contribution in [-0.4, -0.2) is 16.1 Å². The summed E-state index contributed by atoms with van der Waals surface area (Å²) in [5.74, 6) is -0.168. The highest BCUT2D eigenvalue weighted by molar-refractivity contribution is 5.77. The Bertz CT molecular complexity index is 968. The van der Waals surface area contributed by atoms with E-state index in [1.165, 1.54) is 0 Å². The van der Waals surface area contributed by atoms with Gasteiger partial charge in [0.05, 0.1) is 12.0 Å². The number of H-pyrrole nitrogens is 1. The number of nitrogens with one attached hydrogen (secondary N) is 1. The number of phenolic OH excluding ortho intramolecular Hbond substituents is 1. The first kappa shape index (κ1) is 20.2. The van der Waals surface area contributed by atoms with Crippen LogP contribution in [0.15, 0.2) is 23.0 Å². The molecule has 2 heterocycles. The second kappa shape index (κ2) is 6.50. The topological polar surface area (TPSA) is 79.4 Å². The van der Waals surface area contributed by atoms with Crippen molar-refractivity contribution in [1.82, 2.24) is 4.98 Å². The van der Waals surface area contributed by atoms with Gasteiger partial charge in [-0.15, -0.1) is 0 Å². The number of carbonyl (C=O) groups is 1. The smallest absolute Gasteiger partial charge is 0.312 e. The molecule has 1 unspecified atom stereocenters. The van der Waals surface area contributed by atoms with Crippen molar-refractivity contribution in [1.29, 1.82) is 0 Å². The Balaban J connectivity index is 2.31. The van der Waals surface area contributed by atoms with E-state index in [2.05, 4.69) is 4.98 Å². The van der Waals surface area contributed by atoms with Crippen LogP contribution in [0.2, 0.25) is 0 Å². The minimum Gasteiger partial charge on any atom is -0.507 e.